The van der Waals surface area contributed by atoms with Gasteiger partial charge in [-0.2, -0.15) is 0 Å². The van der Waals surface area contributed by atoms with Gasteiger partial charge in [0.05, 0.1) is 18.1 Å². The minimum atomic E-state index is -0.512. The number of ether oxygens (including phenoxy) is 1. The van der Waals surface area contributed by atoms with Crippen LogP contribution in [0.4, 0.5) is 0 Å². The summed E-state index contributed by atoms with van der Waals surface area (Å²) in [6.45, 7) is 8.07. The van der Waals surface area contributed by atoms with Crippen LogP contribution in [0, 0.1) is 9.18 Å². The summed E-state index contributed by atoms with van der Waals surface area (Å²) in [6.07, 6.45) is 1.22. The molecule has 0 radical (unpaired) electrons. The number of esters is 1. The second-order valence-corrected chi connectivity index (χ2v) is 8.36. The van der Waals surface area contributed by atoms with E-state index in [1.807, 2.05) is 19.1 Å². The van der Waals surface area contributed by atoms with Crippen molar-refractivity contribution in [1.29, 1.82) is 0 Å². The van der Waals surface area contributed by atoms with Crippen LogP contribution in [-0.4, -0.2) is 18.4 Å². The Balaban J connectivity index is 2.15. The molecule has 0 saturated carbocycles. The van der Waals surface area contributed by atoms with Gasteiger partial charge in [-0.3, -0.25) is 4.79 Å². The standard InChI is InChI=1S/C19H22INO4/c1-5-24-18(23)15-10(2)21-11-8-19(3,4)9-12(22)16(11)17(15)13-6-7-14(20)25-13/h6-7,17,21H,5,8-9H2,1-4H3/t17-/m1/s1. The van der Waals surface area contributed by atoms with Crippen molar-refractivity contribution < 1.29 is 18.7 Å². The zero-order valence-electron chi connectivity index (χ0n) is 14.9. The summed E-state index contributed by atoms with van der Waals surface area (Å²) in [7, 11) is 0. The zero-order valence-corrected chi connectivity index (χ0v) is 17.0. The highest BCUT2D eigenvalue weighted by Gasteiger charge is 2.44. The highest BCUT2D eigenvalue weighted by Crippen LogP contribution is 2.47. The fraction of sp³-hybridized carbons (Fsp3) is 0.474. The molecule has 1 aliphatic carbocycles. The summed E-state index contributed by atoms with van der Waals surface area (Å²) >= 11 is 2.09. The summed E-state index contributed by atoms with van der Waals surface area (Å²) in [5, 5.41) is 3.29. The van der Waals surface area contributed by atoms with E-state index in [0.29, 0.717) is 23.3 Å². The molecule has 6 heteroatoms. The Hall–Kier alpha value is -1.57. The Morgan fingerprint density at radius 1 is 1.40 bits per heavy atom. The van der Waals surface area contributed by atoms with E-state index in [2.05, 4.69) is 41.8 Å². The quantitative estimate of drug-likeness (QED) is 0.550. The second kappa shape index (κ2) is 6.63. The van der Waals surface area contributed by atoms with E-state index in [9.17, 15) is 9.59 Å². The monoisotopic (exact) mass is 455 g/mol. The van der Waals surface area contributed by atoms with Gasteiger partial charge in [-0.15, -0.1) is 0 Å². The molecule has 25 heavy (non-hydrogen) atoms. The number of dihydropyridines is 1. The molecule has 5 nitrogen and oxygen atoms in total. The lowest BCUT2D eigenvalue weighted by Crippen LogP contribution is -2.38. The number of Topliss-reactive ketones (excluding diaryl/α,β-unsaturated/α-hetero) is 1. The maximum atomic E-state index is 13.0. The molecule has 0 unspecified atom stereocenters. The molecular formula is C19H22INO4. The van der Waals surface area contributed by atoms with Gasteiger partial charge in [0.15, 0.2) is 9.55 Å². The van der Waals surface area contributed by atoms with Crippen molar-refractivity contribution in [2.75, 3.05) is 6.61 Å². The highest BCUT2D eigenvalue weighted by atomic mass is 127. The van der Waals surface area contributed by atoms with E-state index in [1.165, 1.54) is 0 Å². The number of allylic oxidation sites excluding steroid dienone is 3. The summed E-state index contributed by atoms with van der Waals surface area (Å²) in [5.74, 6) is -0.256. The van der Waals surface area contributed by atoms with Crippen molar-refractivity contribution in [2.45, 2.75) is 46.5 Å². The third kappa shape index (κ3) is 3.41. The van der Waals surface area contributed by atoms with Gasteiger partial charge in [0, 0.05) is 23.4 Å². The first kappa shape index (κ1) is 18.2. The van der Waals surface area contributed by atoms with Crippen molar-refractivity contribution in [3.05, 3.63) is 44.2 Å². The van der Waals surface area contributed by atoms with Crippen molar-refractivity contribution in [3.63, 3.8) is 0 Å². The average molecular weight is 455 g/mol. The molecule has 0 bridgehead atoms. The van der Waals surface area contributed by atoms with Gasteiger partial charge in [0.2, 0.25) is 0 Å². The number of carbonyl (C=O) groups is 2. The van der Waals surface area contributed by atoms with Crippen LogP contribution in [0.1, 0.15) is 52.2 Å². The molecule has 1 atom stereocenters. The SMILES string of the molecule is CCOC(=O)C1=C(C)NC2=C(C(=O)CC(C)(C)C2)[C@@H]1c1ccc(I)o1. The molecule has 1 aromatic rings. The normalized spacial score (nSPS) is 22.6. The Kier molecular flexibility index (Phi) is 4.83. The lowest BCUT2D eigenvalue weighted by molar-refractivity contribution is -0.138. The fourth-order valence-corrected chi connectivity index (χ4v) is 4.12. The summed E-state index contributed by atoms with van der Waals surface area (Å²) in [6, 6.07) is 3.68. The predicted octanol–water partition coefficient (Wildman–Crippen LogP) is 4.05. The van der Waals surface area contributed by atoms with E-state index in [1.54, 1.807) is 6.92 Å². The van der Waals surface area contributed by atoms with Crippen molar-refractivity contribution in [2.24, 2.45) is 5.41 Å². The largest absolute Gasteiger partial charge is 0.463 e. The number of ketones is 1. The minimum absolute atomic E-state index is 0.0597. The first-order valence-electron chi connectivity index (χ1n) is 8.40. The van der Waals surface area contributed by atoms with Crippen LogP contribution in [0.3, 0.4) is 0 Å². The molecule has 0 fully saturated rings. The molecule has 2 aliphatic rings. The number of furan rings is 1. The predicted molar refractivity (Wildman–Crippen MR) is 102 cm³/mol. The summed E-state index contributed by atoms with van der Waals surface area (Å²) in [4.78, 5) is 25.6. The molecule has 0 spiro atoms. The van der Waals surface area contributed by atoms with E-state index in [4.69, 9.17) is 9.15 Å². The van der Waals surface area contributed by atoms with Crippen LogP contribution in [0.15, 0.2) is 39.1 Å². The Labute approximate surface area is 161 Å². The van der Waals surface area contributed by atoms with Crippen molar-refractivity contribution in [3.8, 4) is 0 Å². The van der Waals surface area contributed by atoms with E-state index in [0.717, 1.165) is 21.6 Å². The molecule has 1 N–H and O–H groups in total. The van der Waals surface area contributed by atoms with Gasteiger partial charge >= 0.3 is 5.97 Å². The molecule has 2 heterocycles. The summed E-state index contributed by atoms with van der Waals surface area (Å²) < 4.78 is 11.8. The van der Waals surface area contributed by atoms with Gasteiger partial charge in [-0.1, -0.05) is 13.8 Å². The Morgan fingerprint density at radius 2 is 2.12 bits per heavy atom. The van der Waals surface area contributed by atoms with Gasteiger partial charge in [-0.25, -0.2) is 4.79 Å². The molecule has 3 rings (SSSR count). The zero-order chi connectivity index (χ0) is 18.4. The van der Waals surface area contributed by atoms with Gasteiger partial charge < -0.3 is 14.5 Å². The van der Waals surface area contributed by atoms with Crippen LogP contribution in [-0.2, 0) is 14.3 Å². The van der Waals surface area contributed by atoms with E-state index < -0.39 is 11.9 Å². The van der Waals surface area contributed by atoms with Crippen molar-refractivity contribution in [1.82, 2.24) is 5.32 Å². The lowest BCUT2D eigenvalue weighted by Gasteiger charge is -2.38. The number of nitrogens with one attached hydrogen (secondary N) is 1. The van der Waals surface area contributed by atoms with Crippen LogP contribution < -0.4 is 5.32 Å². The van der Waals surface area contributed by atoms with E-state index >= 15 is 0 Å². The number of hydrogen-bond donors (Lipinski definition) is 1. The second-order valence-electron chi connectivity index (χ2n) is 7.29. The molecule has 134 valence electrons. The first-order valence-corrected chi connectivity index (χ1v) is 9.48. The Morgan fingerprint density at radius 3 is 2.72 bits per heavy atom. The van der Waals surface area contributed by atoms with Gasteiger partial charge in [0.25, 0.3) is 0 Å². The van der Waals surface area contributed by atoms with Crippen LogP contribution in [0.5, 0.6) is 0 Å². The van der Waals surface area contributed by atoms with Gasteiger partial charge in [0.1, 0.15) is 5.76 Å². The third-order valence-corrected chi connectivity index (χ3v) is 5.19. The molecule has 0 amide bonds. The maximum Gasteiger partial charge on any atom is 0.336 e. The molecular weight excluding hydrogens is 433 g/mol. The number of hydrogen-bond acceptors (Lipinski definition) is 5. The average Bonchev–Trinajstić information content (AvgIpc) is 2.90. The molecule has 1 aromatic heterocycles. The summed E-state index contributed by atoms with van der Waals surface area (Å²) in [5.41, 5.74) is 2.60. The Bertz CT molecular complexity index is 800. The highest BCUT2D eigenvalue weighted by molar-refractivity contribution is 14.1. The lowest BCUT2D eigenvalue weighted by atomic mass is 9.69. The van der Waals surface area contributed by atoms with Crippen molar-refractivity contribution >= 4 is 34.3 Å². The third-order valence-electron chi connectivity index (χ3n) is 4.61. The van der Waals surface area contributed by atoms with Crippen LogP contribution in [0.2, 0.25) is 0 Å². The van der Waals surface area contributed by atoms with Crippen LogP contribution >= 0.6 is 22.6 Å². The minimum Gasteiger partial charge on any atom is -0.463 e. The van der Waals surface area contributed by atoms with Gasteiger partial charge in [-0.05, 0) is 60.4 Å². The smallest absolute Gasteiger partial charge is 0.336 e. The first-order chi connectivity index (χ1) is 11.7. The fourth-order valence-electron chi connectivity index (χ4n) is 3.68. The topological polar surface area (TPSA) is 68.5 Å². The molecule has 1 aliphatic heterocycles. The number of halogens is 1. The van der Waals surface area contributed by atoms with E-state index in [-0.39, 0.29) is 17.8 Å². The number of rotatable bonds is 3. The molecule has 0 saturated heterocycles. The van der Waals surface area contributed by atoms with Crippen LogP contribution in [0.25, 0.3) is 0 Å². The maximum absolute atomic E-state index is 13.0. The number of carbonyl (C=O) groups excluding carboxylic acids is 2. The molecule has 0 aromatic carbocycles.